The van der Waals surface area contributed by atoms with Crippen LogP contribution in [0.15, 0.2) is 36.4 Å². The quantitative estimate of drug-likeness (QED) is 0.912. The Bertz CT molecular complexity index is 608. The van der Waals surface area contributed by atoms with E-state index in [4.69, 9.17) is 10.5 Å². The van der Waals surface area contributed by atoms with Gasteiger partial charge >= 0.3 is 0 Å². The average molecular weight is 273 g/mol. The summed E-state index contributed by atoms with van der Waals surface area (Å²) in [7, 11) is 0. The van der Waals surface area contributed by atoms with E-state index in [0.717, 1.165) is 28.0 Å². The smallest absolute Gasteiger partial charge is 0.123 e. The van der Waals surface area contributed by atoms with Crippen molar-refractivity contribution in [2.75, 3.05) is 0 Å². The zero-order chi connectivity index (χ0) is 14.7. The van der Waals surface area contributed by atoms with Gasteiger partial charge in [0.05, 0.1) is 0 Å². The molecule has 0 radical (unpaired) electrons. The molecule has 0 saturated heterocycles. The lowest BCUT2D eigenvalue weighted by atomic mass is 10.1. The molecule has 0 aliphatic carbocycles. The van der Waals surface area contributed by atoms with Gasteiger partial charge in [0.2, 0.25) is 0 Å². The lowest BCUT2D eigenvalue weighted by molar-refractivity contribution is 0.303. The topological polar surface area (TPSA) is 35.2 Å². The van der Waals surface area contributed by atoms with Gasteiger partial charge in [-0.2, -0.15) is 0 Å². The van der Waals surface area contributed by atoms with Gasteiger partial charge in [0.15, 0.2) is 0 Å². The van der Waals surface area contributed by atoms with Gasteiger partial charge in [-0.1, -0.05) is 18.2 Å². The van der Waals surface area contributed by atoms with Crippen molar-refractivity contribution < 1.29 is 9.13 Å². The van der Waals surface area contributed by atoms with Crippen LogP contribution in [0.1, 0.15) is 35.2 Å². The van der Waals surface area contributed by atoms with Gasteiger partial charge in [-0.3, -0.25) is 0 Å². The Balaban J connectivity index is 2.11. The molecule has 2 rings (SSSR count). The maximum atomic E-state index is 13.0. The zero-order valence-electron chi connectivity index (χ0n) is 12.1. The number of halogens is 1. The van der Waals surface area contributed by atoms with Crippen molar-refractivity contribution in [1.82, 2.24) is 0 Å². The predicted octanol–water partition coefficient (Wildman–Crippen LogP) is 4.04. The summed E-state index contributed by atoms with van der Waals surface area (Å²) in [4.78, 5) is 0. The first-order valence-electron chi connectivity index (χ1n) is 6.71. The van der Waals surface area contributed by atoms with E-state index in [1.165, 1.54) is 12.1 Å². The largest absolute Gasteiger partial charge is 0.489 e. The van der Waals surface area contributed by atoms with E-state index in [0.29, 0.717) is 6.61 Å². The first kappa shape index (κ1) is 14.5. The second-order valence-corrected chi connectivity index (χ2v) is 5.17. The third-order valence-corrected chi connectivity index (χ3v) is 3.41. The fraction of sp³-hybridized carbons (Fsp3) is 0.294. The molecule has 0 aliphatic rings. The molecule has 0 amide bonds. The Kier molecular flexibility index (Phi) is 4.40. The van der Waals surface area contributed by atoms with E-state index < -0.39 is 0 Å². The van der Waals surface area contributed by atoms with Crippen LogP contribution in [0.3, 0.4) is 0 Å². The van der Waals surface area contributed by atoms with Crippen LogP contribution >= 0.6 is 0 Å². The Morgan fingerprint density at radius 1 is 1.10 bits per heavy atom. The summed E-state index contributed by atoms with van der Waals surface area (Å²) < 4.78 is 18.9. The lowest BCUT2D eigenvalue weighted by Crippen LogP contribution is -2.06. The number of nitrogens with two attached hydrogens (primary N) is 1. The number of ether oxygens (including phenoxy) is 1. The Labute approximate surface area is 119 Å². The molecule has 1 atom stereocenters. The van der Waals surface area contributed by atoms with Crippen LogP contribution in [-0.4, -0.2) is 0 Å². The Morgan fingerprint density at radius 2 is 1.85 bits per heavy atom. The average Bonchev–Trinajstić information content (AvgIpc) is 2.38. The highest BCUT2D eigenvalue weighted by Gasteiger charge is 2.06. The van der Waals surface area contributed by atoms with Gasteiger partial charge in [-0.25, -0.2) is 4.39 Å². The van der Waals surface area contributed by atoms with Gasteiger partial charge < -0.3 is 10.5 Å². The molecule has 0 spiro atoms. The first-order valence-corrected chi connectivity index (χ1v) is 6.71. The molecule has 0 aliphatic heterocycles. The van der Waals surface area contributed by atoms with E-state index in [-0.39, 0.29) is 11.9 Å². The molecule has 3 heteroatoms. The van der Waals surface area contributed by atoms with Gasteiger partial charge in [0.25, 0.3) is 0 Å². The summed E-state index contributed by atoms with van der Waals surface area (Å²) in [5, 5.41) is 0. The van der Waals surface area contributed by atoms with Crippen molar-refractivity contribution in [1.29, 1.82) is 0 Å². The summed E-state index contributed by atoms with van der Waals surface area (Å²) in [6.45, 7) is 6.27. The summed E-state index contributed by atoms with van der Waals surface area (Å²) >= 11 is 0. The third-order valence-electron chi connectivity index (χ3n) is 3.41. The maximum absolute atomic E-state index is 13.0. The molecule has 20 heavy (non-hydrogen) atoms. The van der Waals surface area contributed by atoms with E-state index in [2.05, 4.69) is 0 Å². The zero-order valence-corrected chi connectivity index (χ0v) is 12.1. The van der Waals surface area contributed by atoms with Crippen LogP contribution in [0.4, 0.5) is 4.39 Å². The van der Waals surface area contributed by atoms with Crippen molar-refractivity contribution in [3.05, 3.63) is 64.5 Å². The van der Waals surface area contributed by atoms with Crippen LogP contribution < -0.4 is 10.5 Å². The molecule has 0 fully saturated rings. The Hall–Kier alpha value is -1.87. The molecule has 2 nitrogen and oxygen atoms in total. The van der Waals surface area contributed by atoms with Crippen LogP contribution in [0, 0.1) is 19.7 Å². The molecular formula is C17H20FNO. The fourth-order valence-corrected chi connectivity index (χ4v) is 2.09. The predicted molar refractivity (Wildman–Crippen MR) is 79.3 cm³/mol. The summed E-state index contributed by atoms with van der Waals surface area (Å²) in [5.74, 6) is 0.613. The van der Waals surface area contributed by atoms with Crippen molar-refractivity contribution >= 4 is 0 Å². The van der Waals surface area contributed by atoms with Crippen LogP contribution in [0.25, 0.3) is 0 Å². The van der Waals surface area contributed by atoms with Crippen LogP contribution in [0.2, 0.25) is 0 Å². The minimum absolute atomic E-state index is 0.0158. The summed E-state index contributed by atoms with van der Waals surface area (Å²) in [6, 6.07) is 10.7. The van der Waals surface area contributed by atoms with Crippen LogP contribution in [0.5, 0.6) is 5.75 Å². The summed E-state index contributed by atoms with van der Waals surface area (Å²) in [5.41, 5.74) is 9.89. The molecule has 2 aromatic rings. The molecule has 0 saturated carbocycles. The number of benzene rings is 2. The van der Waals surface area contributed by atoms with E-state index >= 15 is 0 Å². The SMILES string of the molecule is Cc1cc(F)ccc1COc1ccc(C(C)N)cc1C. The molecule has 2 aromatic carbocycles. The van der Waals surface area contributed by atoms with Gasteiger partial charge in [0.1, 0.15) is 18.2 Å². The molecular weight excluding hydrogens is 253 g/mol. The fourth-order valence-electron chi connectivity index (χ4n) is 2.09. The molecule has 2 N–H and O–H groups in total. The normalized spacial score (nSPS) is 12.2. The molecule has 1 unspecified atom stereocenters. The van der Waals surface area contributed by atoms with Gasteiger partial charge in [-0.05, 0) is 61.2 Å². The van der Waals surface area contributed by atoms with Crippen molar-refractivity contribution in [2.24, 2.45) is 5.73 Å². The maximum Gasteiger partial charge on any atom is 0.123 e. The number of hydrogen-bond donors (Lipinski definition) is 1. The molecule has 0 bridgehead atoms. The van der Waals surface area contributed by atoms with Crippen molar-refractivity contribution in [3.63, 3.8) is 0 Å². The second kappa shape index (κ2) is 6.06. The monoisotopic (exact) mass is 273 g/mol. The summed E-state index contributed by atoms with van der Waals surface area (Å²) in [6.07, 6.45) is 0. The van der Waals surface area contributed by atoms with E-state index in [1.54, 1.807) is 6.07 Å². The lowest BCUT2D eigenvalue weighted by Gasteiger charge is -2.13. The number of aryl methyl sites for hydroxylation is 2. The number of rotatable bonds is 4. The number of hydrogen-bond acceptors (Lipinski definition) is 2. The molecule has 0 aromatic heterocycles. The van der Waals surface area contributed by atoms with Crippen LogP contribution in [-0.2, 0) is 6.61 Å². The third kappa shape index (κ3) is 3.36. The highest BCUT2D eigenvalue weighted by atomic mass is 19.1. The highest BCUT2D eigenvalue weighted by Crippen LogP contribution is 2.23. The minimum atomic E-state index is -0.219. The van der Waals surface area contributed by atoms with Gasteiger partial charge in [-0.15, -0.1) is 0 Å². The van der Waals surface area contributed by atoms with Crippen molar-refractivity contribution in [2.45, 2.75) is 33.4 Å². The first-order chi connectivity index (χ1) is 9.47. The van der Waals surface area contributed by atoms with Crippen molar-refractivity contribution in [3.8, 4) is 5.75 Å². The van der Waals surface area contributed by atoms with Gasteiger partial charge in [0, 0.05) is 6.04 Å². The molecule has 0 heterocycles. The van der Waals surface area contributed by atoms with E-state index in [1.807, 2.05) is 39.0 Å². The molecule has 106 valence electrons. The van der Waals surface area contributed by atoms with E-state index in [9.17, 15) is 4.39 Å². The second-order valence-electron chi connectivity index (χ2n) is 5.17. The highest BCUT2D eigenvalue weighted by molar-refractivity contribution is 5.37. The standard InChI is InChI=1S/C17H20FNO/c1-11-9-16(18)6-4-15(11)10-20-17-7-5-14(13(3)19)8-12(17)2/h4-9,13H,10,19H2,1-3H3. The minimum Gasteiger partial charge on any atom is -0.489 e. The Morgan fingerprint density at radius 3 is 2.45 bits per heavy atom.